The number of piperidine rings is 1. The third-order valence-electron chi connectivity index (χ3n) is 5.03. The lowest BCUT2D eigenvalue weighted by Gasteiger charge is -2.33. The van der Waals surface area contributed by atoms with Gasteiger partial charge in [-0.05, 0) is 43.7 Å². The first-order valence-electron chi connectivity index (χ1n) is 8.80. The topological polar surface area (TPSA) is 82.7 Å². The fourth-order valence-electron chi connectivity index (χ4n) is 3.55. The SMILES string of the molecule is Cc1[nH]nc2ncc(C(=O)NC3CNCCC3c3ccc(F)c(F)c3)cc12.Cl.Cl. The summed E-state index contributed by atoms with van der Waals surface area (Å²) >= 11 is 0. The molecule has 3 heterocycles. The average molecular weight is 444 g/mol. The molecule has 1 saturated heterocycles. The molecule has 1 aliphatic rings. The van der Waals surface area contributed by atoms with Crippen molar-refractivity contribution in [3.8, 4) is 0 Å². The number of benzene rings is 1. The zero-order chi connectivity index (χ0) is 19.0. The molecule has 0 radical (unpaired) electrons. The van der Waals surface area contributed by atoms with Gasteiger partial charge in [-0.1, -0.05) is 6.07 Å². The van der Waals surface area contributed by atoms with Gasteiger partial charge in [0, 0.05) is 35.8 Å². The van der Waals surface area contributed by atoms with E-state index in [1.165, 1.54) is 12.3 Å². The van der Waals surface area contributed by atoms with Crippen molar-refractivity contribution in [3.05, 3.63) is 58.9 Å². The quantitative estimate of drug-likeness (QED) is 0.579. The van der Waals surface area contributed by atoms with Gasteiger partial charge in [0.15, 0.2) is 17.3 Å². The Hall–Kier alpha value is -2.29. The Labute approximate surface area is 178 Å². The van der Waals surface area contributed by atoms with E-state index < -0.39 is 11.6 Å². The number of aromatic nitrogens is 3. The van der Waals surface area contributed by atoms with Crippen molar-refractivity contribution in [2.45, 2.75) is 25.3 Å². The molecule has 2 atom stereocenters. The standard InChI is InChI=1S/C19H19F2N5O.2ClH/c1-10-14-6-12(8-23-18(14)26-25-10)19(27)24-17-9-22-5-4-13(17)11-2-3-15(20)16(21)7-11;;/h2-3,6-8,13,17,22H,4-5,9H2,1H3,(H,24,27)(H,23,25,26);2*1H. The fraction of sp³-hybridized carbons (Fsp3) is 0.316. The number of halogens is 4. The number of aryl methyl sites for hydroxylation is 1. The first-order valence-corrected chi connectivity index (χ1v) is 8.80. The Morgan fingerprint density at radius 3 is 2.76 bits per heavy atom. The number of aromatic amines is 1. The monoisotopic (exact) mass is 443 g/mol. The first-order chi connectivity index (χ1) is 13.0. The molecule has 1 fully saturated rings. The van der Waals surface area contributed by atoms with E-state index in [1.807, 2.05) is 6.92 Å². The van der Waals surface area contributed by atoms with E-state index in [1.54, 1.807) is 12.1 Å². The molecule has 3 N–H and O–H groups in total. The van der Waals surface area contributed by atoms with Crippen molar-refractivity contribution in [2.75, 3.05) is 13.1 Å². The Morgan fingerprint density at radius 1 is 1.21 bits per heavy atom. The van der Waals surface area contributed by atoms with Crippen LogP contribution in [0.25, 0.3) is 11.0 Å². The number of amides is 1. The maximum absolute atomic E-state index is 13.6. The van der Waals surface area contributed by atoms with Gasteiger partial charge >= 0.3 is 0 Å². The minimum atomic E-state index is -0.874. The molecule has 4 rings (SSSR count). The fourth-order valence-corrected chi connectivity index (χ4v) is 3.55. The van der Waals surface area contributed by atoms with Crippen LogP contribution in [0.4, 0.5) is 8.78 Å². The molecule has 0 bridgehead atoms. The predicted molar refractivity (Wildman–Crippen MR) is 111 cm³/mol. The third-order valence-corrected chi connectivity index (χ3v) is 5.03. The minimum absolute atomic E-state index is 0. The molecule has 3 aromatic rings. The molecule has 1 aliphatic heterocycles. The van der Waals surface area contributed by atoms with E-state index in [4.69, 9.17) is 0 Å². The largest absolute Gasteiger partial charge is 0.347 e. The lowest BCUT2D eigenvalue weighted by atomic mass is 9.86. The summed E-state index contributed by atoms with van der Waals surface area (Å²) < 4.78 is 26.9. The molecule has 1 aromatic carbocycles. The summed E-state index contributed by atoms with van der Waals surface area (Å²) in [6.07, 6.45) is 2.20. The molecule has 2 aromatic heterocycles. The summed E-state index contributed by atoms with van der Waals surface area (Å²) in [6, 6.07) is 5.44. The van der Waals surface area contributed by atoms with Gasteiger partial charge in [-0.2, -0.15) is 5.10 Å². The van der Waals surface area contributed by atoms with Gasteiger partial charge in [-0.3, -0.25) is 9.89 Å². The first kappa shape index (κ1) is 23.0. The molecular formula is C19H21Cl2F2N5O. The Kier molecular flexibility index (Phi) is 7.51. The number of fused-ring (bicyclic) bond motifs is 1. The smallest absolute Gasteiger partial charge is 0.253 e. The van der Waals surface area contributed by atoms with Gasteiger partial charge in [0.05, 0.1) is 5.56 Å². The van der Waals surface area contributed by atoms with Crippen LogP contribution in [0.1, 0.15) is 34.0 Å². The summed E-state index contributed by atoms with van der Waals surface area (Å²) in [7, 11) is 0. The van der Waals surface area contributed by atoms with Crippen LogP contribution in [-0.2, 0) is 0 Å². The van der Waals surface area contributed by atoms with E-state index >= 15 is 0 Å². The Morgan fingerprint density at radius 2 is 2.00 bits per heavy atom. The average Bonchev–Trinajstić information content (AvgIpc) is 3.05. The normalized spacial score (nSPS) is 18.6. The molecule has 0 spiro atoms. The van der Waals surface area contributed by atoms with Gasteiger partial charge < -0.3 is 10.6 Å². The second kappa shape index (κ2) is 9.47. The van der Waals surface area contributed by atoms with E-state index in [0.29, 0.717) is 29.7 Å². The third kappa shape index (κ3) is 4.66. The van der Waals surface area contributed by atoms with Crippen LogP contribution in [0.5, 0.6) is 0 Å². The van der Waals surface area contributed by atoms with E-state index in [9.17, 15) is 13.6 Å². The number of carbonyl (C=O) groups is 1. The summed E-state index contributed by atoms with van der Waals surface area (Å²) in [5, 5.41) is 13.9. The van der Waals surface area contributed by atoms with Crippen LogP contribution >= 0.6 is 24.8 Å². The summed E-state index contributed by atoms with van der Waals surface area (Å²) in [5.74, 6) is -2.10. The lowest BCUT2D eigenvalue weighted by Crippen LogP contribution is -2.50. The van der Waals surface area contributed by atoms with Gasteiger partial charge in [-0.15, -0.1) is 24.8 Å². The van der Waals surface area contributed by atoms with Gasteiger partial charge in [0.2, 0.25) is 0 Å². The molecule has 2 unspecified atom stereocenters. The van der Waals surface area contributed by atoms with Crippen LogP contribution < -0.4 is 10.6 Å². The van der Waals surface area contributed by atoms with Gasteiger partial charge in [0.25, 0.3) is 5.91 Å². The summed E-state index contributed by atoms with van der Waals surface area (Å²) in [5.41, 5.74) is 2.51. The highest BCUT2D eigenvalue weighted by Gasteiger charge is 2.29. The van der Waals surface area contributed by atoms with Crippen molar-refractivity contribution < 1.29 is 13.6 Å². The molecule has 1 amide bonds. The number of hydrogen-bond donors (Lipinski definition) is 3. The van der Waals surface area contributed by atoms with E-state index in [0.717, 1.165) is 23.7 Å². The maximum atomic E-state index is 13.6. The molecule has 29 heavy (non-hydrogen) atoms. The zero-order valence-electron chi connectivity index (χ0n) is 15.5. The number of nitrogens with one attached hydrogen (secondary N) is 3. The number of nitrogens with zero attached hydrogens (tertiary/aromatic N) is 2. The number of carbonyl (C=O) groups excluding carboxylic acids is 1. The van der Waals surface area contributed by atoms with Crippen molar-refractivity contribution in [2.24, 2.45) is 0 Å². The molecule has 6 nitrogen and oxygen atoms in total. The van der Waals surface area contributed by atoms with Crippen molar-refractivity contribution in [1.29, 1.82) is 0 Å². The number of rotatable bonds is 3. The number of hydrogen-bond acceptors (Lipinski definition) is 4. The highest BCUT2D eigenvalue weighted by atomic mass is 35.5. The Bertz CT molecular complexity index is 1010. The van der Waals surface area contributed by atoms with Crippen LogP contribution in [0.2, 0.25) is 0 Å². The number of H-pyrrole nitrogens is 1. The van der Waals surface area contributed by atoms with Crippen LogP contribution in [0.15, 0.2) is 30.5 Å². The predicted octanol–water partition coefficient (Wildman–Crippen LogP) is 3.26. The van der Waals surface area contributed by atoms with Crippen molar-refractivity contribution in [3.63, 3.8) is 0 Å². The number of pyridine rings is 1. The van der Waals surface area contributed by atoms with E-state index in [2.05, 4.69) is 25.8 Å². The highest BCUT2D eigenvalue weighted by Crippen LogP contribution is 2.27. The van der Waals surface area contributed by atoms with Gasteiger partial charge in [0.1, 0.15) is 0 Å². The minimum Gasteiger partial charge on any atom is -0.347 e. The molecule has 156 valence electrons. The molecule has 10 heteroatoms. The Balaban J connectivity index is 0.00000150. The molecule has 0 aliphatic carbocycles. The second-order valence-electron chi connectivity index (χ2n) is 6.80. The maximum Gasteiger partial charge on any atom is 0.253 e. The van der Waals surface area contributed by atoms with Crippen LogP contribution in [0.3, 0.4) is 0 Å². The molecular weight excluding hydrogens is 423 g/mol. The lowest BCUT2D eigenvalue weighted by molar-refractivity contribution is 0.0924. The van der Waals surface area contributed by atoms with E-state index in [-0.39, 0.29) is 42.7 Å². The summed E-state index contributed by atoms with van der Waals surface area (Å²) in [6.45, 7) is 3.16. The zero-order valence-corrected chi connectivity index (χ0v) is 17.2. The second-order valence-corrected chi connectivity index (χ2v) is 6.80. The van der Waals surface area contributed by atoms with Gasteiger partial charge in [-0.25, -0.2) is 13.8 Å². The highest BCUT2D eigenvalue weighted by molar-refractivity contribution is 5.97. The van der Waals surface area contributed by atoms with Crippen molar-refractivity contribution >= 4 is 41.8 Å². The van der Waals surface area contributed by atoms with Crippen molar-refractivity contribution in [1.82, 2.24) is 25.8 Å². The van der Waals surface area contributed by atoms with Crippen LogP contribution in [0, 0.1) is 18.6 Å². The summed E-state index contributed by atoms with van der Waals surface area (Å²) in [4.78, 5) is 16.9. The van der Waals surface area contributed by atoms with Crippen LogP contribution in [-0.4, -0.2) is 40.2 Å². The molecule has 0 saturated carbocycles.